The highest BCUT2D eigenvalue weighted by atomic mass is 35.5. The number of rotatable bonds is 6. The van der Waals surface area contributed by atoms with Gasteiger partial charge in [0.05, 0.1) is 24.9 Å². The molecule has 3 N–H and O–H groups in total. The standard InChI is InChI=1S/C17H21N3O2.ClH/c1-12(2)13-3-6-15(7-4-13)22-10-9-17(21)20-14-5-8-16(18)19-11-14;/h3-8,11-12H,9-10H2,1-2H3,(H2,18,19)(H,20,21);1H. The monoisotopic (exact) mass is 335 g/mol. The Balaban J connectivity index is 0.00000264. The number of nitrogens with one attached hydrogen (secondary N) is 1. The molecule has 2 rings (SSSR count). The van der Waals surface area contributed by atoms with E-state index < -0.39 is 0 Å². The van der Waals surface area contributed by atoms with Gasteiger partial charge in [0.1, 0.15) is 11.6 Å². The SMILES string of the molecule is CC(C)c1ccc(OCCC(=O)Nc2ccc(N)nc2)cc1.Cl. The Kier molecular flexibility index (Phi) is 7.35. The van der Waals surface area contributed by atoms with Gasteiger partial charge in [0, 0.05) is 0 Å². The first kappa shape index (κ1) is 18.8. The molecule has 0 atom stereocenters. The molecule has 1 aromatic heterocycles. The molecule has 0 bridgehead atoms. The van der Waals surface area contributed by atoms with Crippen molar-refractivity contribution in [3.63, 3.8) is 0 Å². The molecule has 1 amide bonds. The van der Waals surface area contributed by atoms with Crippen molar-refractivity contribution in [2.24, 2.45) is 0 Å². The van der Waals surface area contributed by atoms with E-state index in [2.05, 4.69) is 24.1 Å². The first-order chi connectivity index (χ1) is 10.5. The van der Waals surface area contributed by atoms with Crippen LogP contribution in [0, 0.1) is 0 Å². The summed E-state index contributed by atoms with van der Waals surface area (Å²) in [6.45, 7) is 4.62. The maximum absolute atomic E-state index is 11.8. The van der Waals surface area contributed by atoms with Crippen molar-refractivity contribution >= 4 is 29.8 Å². The van der Waals surface area contributed by atoms with Crippen molar-refractivity contribution in [2.45, 2.75) is 26.2 Å². The summed E-state index contributed by atoms with van der Waals surface area (Å²) in [6.07, 6.45) is 1.80. The Bertz CT molecular complexity index is 613. The molecule has 0 fully saturated rings. The maximum Gasteiger partial charge on any atom is 0.227 e. The normalized spacial score (nSPS) is 10.0. The number of anilines is 2. The third-order valence-electron chi connectivity index (χ3n) is 3.21. The van der Waals surface area contributed by atoms with Gasteiger partial charge in [0.25, 0.3) is 0 Å². The predicted molar refractivity (Wildman–Crippen MR) is 95.2 cm³/mol. The fraction of sp³-hybridized carbons (Fsp3) is 0.294. The molecular formula is C17H22ClN3O2. The molecule has 0 radical (unpaired) electrons. The number of benzene rings is 1. The summed E-state index contributed by atoms with van der Waals surface area (Å²) in [7, 11) is 0. The van der Waals surface area contributed by atoms with Crippen LogP contribution in [0.3, 0.4) is 0 Å². The highest BCUT2D eigenvalue weighted by Gasteiger charge is 2.04. The van der Waals surface area contributed by atoms with Crippen molar-refractivity contribution < 1.29 is 9.53 Å². The third kappa shape index (κ3) is 6.16. The Morgan fingerprint density at radius 3 is 2.48 bits per heavy atom. The van der Waals surface area contributed by atoms with Gasteiger partial charge in [-0.25, -0.2) is 4.98 Å². The van der Waals surface area contributed by atoms with Gasteiger partial charge in [-0.1, -0.05) is 26.0 Å². The Morgan fingerprint density at radius 2 is 1.91 bits per heavy atom. The number of pyridine rings is 1. The Morgan fingerprint density at radius 1 is 1.22 bits per heavy atom. The van der Waals surface area contributed by atoms with E-state index in [-0.39, 0.29) is 24.7 Å². The summed E-state index contributed by atoms with van der Waals surface area (Å²) >= 11 is 0. The summed E-state index contributed by atoms with van der Waals surface area (Å²) in [4.78, 5) is 15.7. The molecule has 6 heteroatoms. The van der Waals surface area contributed by atoms with Crippen LogP contribution < -0.4 is 15.8 Å². The molecule has 0 spiro atoms. The van der Waals surface area contributed by atoms with E-state index in [1.165, 1.54) is 11.8 Å². The fourth-order valence-electron chi connectivity index (χ4n) is 1.91. The van der Waals surface area contributed by atoms with Crippen LogP contribution in [0.25, 0.3) is 0 Å². The van der Waals surface area contributed by atoms with Crippen LogP contribution in [0.4, 0.5) is 11.5 Å². The Labute approximate surface area is 142 Å². The van der Waals surface area contributed by atoms with Gasteiger partial charge in [-0.15, -0.1) is 12.4 Å². The van der Waals surface area contributed by atoms with E-state index >= 15 is 0 Å². The minimum atomic E-state index is -0.120. The molecule has 1 aromatic carbocycles. The molecule has 2 aromatic rings. The highest BCUT2D eigenvalue weighted by Crippen LogP contribution is 2.18. The number of carbonyl (C=O) groups excluding carboxylic acids is 1. The topological polar surface area (TPSA) is 77.2 Å². The molecule has 0 aliphatic rings. The quantitative estimate of drug-likeness (QED) is 0.845. The average Bonchev–Trinajstić information content (AvgIpc) is 2.50. The molecule has 124 valence electrons. The molecule has 23 heavy (non-hydrogen) atoms. The number of aromatic nitrogens is 1. The van der Waals surface area contributed by atoms with Gasteiger partial charge in [-0.3, -0.25) is 4.79 Å². The summed E-state index contributed by atoms with van der Waals surface area (Å²) in [5.41, 5.74) is 7.38. The molecular weight excluding hydrogens is 314 g/mol. The Hall–Kier alpha value is -2.27. The number of hydrogen-bond acceptors (Lipinski definition) is 4. The van der Waals surface area contributed by atoms with Gasteiger partial charge in [0.15, 0.2) is 0 Å². The van der Waals surface area contributed by atoms with Crippen molar-refractivity contribution in [1.29, 1.82) is 0 Å². The van der Waals surface area contributed by atoms with Gasteiger partial charge >= 0.3 is 0 Å². The molecule has 0 saturated carbocycles. The number of nitrogen functional groups attached to an aromatic ring is 1. The van der Waals surface area contributed by atoms with Crippen LogP contribution in [-0.2, 0) is 4.79 Å². The number of hydrogen-bond donors (Lipinski definition) is 2. The molecule has 5 nitrogen and oxygen atoms in total. The minimum absolute atomic E-state index is 0. The lowest BCUT2D eigenvalue weighted by molar-refractivity contribution is -0.116. The maximum atomic E-state index is 11.8. The summed E-state index contributed by atoms with van der Waals surface area (Å²) in [5, 5.41) is 2.74. The molecule has 0 saturated heterocycles. The predicted octanol–water partition coefficient (Wildman–Crippen LogP) is 3.62. The fourth-order valence-corrected chi connectivity index (χ4v) is 1.91. The lowest BCUT2D eigenvalue weighted by Crippen LogP contribution is -2.15. The van der Waals surface area contributed by atoms with E-state index in [0.29, 0.717) is 24.0 Å². The number of halogens is 1. The number of carbonyl (C=O) groups is 1. The first-order valence-electron chi connectivity index (χ1n) is 7.29. The smallest absolute Gasteiger partial charge is 0.227 e. The van der Waals surface area contributed by atoms with Crippen LogP contribution in [0.1, 0.15) is 31.7 Å². The minimum Gasteiger partial charge on any atom is -0.493 e. The van der Waals surface area contributed by atoms with E-state index in [1.54, 1.807) is 12.1 Å². The van der Waals surface area contributed by atoms with Crippen molar-refractivity contribution in [2.75, 3.05) is 17.7 Å². The molecule has 0 unspecified atom stereocenters. The van der Waals surface area contributed by atoms with Crippen LogP contribution >= 0.6 is 12.4 Å². The lowest BCUT2D eigenvalue weighted by Gasteiger charge is -2.09. The molecule has 1 heterocycles. The zero-order valence-corrected chi connectivity index (χ0v) is 14.1. The van der Waals surface area contributed by atoms with Crippen LogP contribution in [0.2, 0.25) is 0 Å². The zero-order chi connectivity index (χ0) is 15.9. The number of ether oxygens (including phenoxy) is 1. The van der Waals surface area contributed by atoms with Crippen molar-refractivity contribution in [1.82, 2.24) is 4.98 Å². The number of nitrogens with zero attached hydrogens (tertiary/aromatic N) is 1. The van der Waals surface area contributed by atoms with E-state index in [1.807, 2.05) is 24.3 Å². The summed E-state index contributed by atoms with van der Waals surface area (Å²) < 4.78 is 5.57. The van der Waals surface area contributed by atoms with E-state index in [4.69, 9.17) is 10.5 Å². The second-order valence-corrected chi connectivity index (χ2v) is 5.34. The van der Waals surface area contributed by atoms with E-state index in [9.17, 15) is 4.79 Å². The summed E-state index contributed by atoms with van der Waals surface area (Å²) in [5.74, 6) is 1.57. The summed E-state index contributed by atoms with van der Waals surface area (Å²) in [6, 6.07) is 11.3. The number of amides is 1. The average molecular weight is 336 g/mol. The van der Waals surface area contributed by atoms with Crippen LogP contribution in [-0.4, -0.2) is 17.5 Å². The van der Waals surface area contributed by atoms with Crippen LogP contribution in [0.15, 0.2) is 42.6 Å². The lowest BCUT2D eigenvalue weighted by atomic mass is 10.0. The largest absolute Gasteiger partial charge is 0.493 e. The first-order valence-corrected chi connectivity index (χ1v) is 7.29. The van der Waals surface area contributed by atoms with Gasteiger partial charge in [-0.05, 0) is 35.7 Å². The van der Waals surface area contributed by atoms with Crippen molar-refractivity contribution in [3.05, 3.63) is 48.2 Å². The third-order valence-corrected chi connectivity index (χ3v) is 3.21. The number of nitrogens with two attached hydrogens (primary N) is 1. The van der Waals surface area contributed by atoms with Gasteiger partial charge < -0.3 is 15.8 Å². The zero-order valence-electron chi connectivity index (χ0n) is 13.3. The van der Waals surface area contributed by atoms with Crippen molar-refractivity contribution in [3.8, 4) is 5.75 Å². The highest BCUT2D eigenvalue weighted by molar-refractivity contribution is 5.90. The second kappa shape index (κ2) is 9.00. The van der Waals surface area contributed by atoms with E-state index in [0.717, 1.165) is 5.75 Å². The van der Waals surface area contributed by atoms with Gasteiger partial charge in [-0.2, -0.15) is 0 Å². The second-order valence-electron chi connectivity index (χ2n) is 5.34. The molecule has 0 aliphatic heterocycles. The molecule has 0 aliphatic carbocycles. The van der Waals surface area contributed by atoms with Crippen LogP contribution in [0.5, 0.6) is 5.75 Å². The van der Waals surface area contributed by atoms with Gasteiger partial charge in [0.2, 0.25) is 5.91 Å².